The van der Waals surface area contributed by atoms with Crippen molar-refractivity contribution in [1.29, 1.82) is 0 Å². The molecular formula is C17H16F3N5OS. The molecule has 27 heavy (non-hydrogen) atoms. The highest BCUT2D eigenvalue weighted by Crippen LogP contribution is 2.37. The van der Waals surface area contributed by atoms with Gasteiger partial charge < -0.3 is 9.42 Å². The van der Waals surface area contributed by atoms with Crippen LogP contribution in [0, 0.1) is 6.92 Å². The predicted molar refractivity (Wildman–Crippen MR) is 93.6 cm³/mol. The van der Waals surface area contributed by atoms with Crippen LogP contribution in [0.25, 0.3) is 11.5 Å². The third-order valence-corrected chi connectivity index (χ3v) is 5.43. The van der Waals surface area contributed by atoms with Crippen LogP contribution in [0.15, 0.2) is 28.2 Å². The van der Waals surface area contributed by atoms with Gasteiger partial charge in [0, 0.05) is 30.6 Å². The number of hydrogen-bond donors (Lipinski definition) is 0. The molecule has 10 heteroatoms. The van der Waals surface area contributed by atoms with E-state index in [0.717, 1.165) is 36.1 Å². The van der Waals surface area contributed by atoms with Crippen molar-refractivity contribution >= 4 is 17.2 Å². The minimum Gasteiger partial charge on any atom is -0.355 e. The normalized spacial score (nSPS) is 18.1. The third-order valence-electron chi connectivity index (χ3n) is 4.43. The first-order chi connectivity index (χ1) is 12.9. The van der Waals surface area contributed by atoms with Crippen molar-refractivity contribution in [1.82, 2.24) is 20.1 Å². The molecule has 0 aliphatic carbocycles. The number of hydrogen-bond acceptors (Lipinski definition) is 7. The van der Waals surface area contributed by atoms with Crippen molar-refractivity contribution in [3.8, 4) is 11.5 Å². The first-order valence-electron chi connectivity index (χ1n) is 8.45. The molecule has 4 rings (SSSR count). The van der Waals surface area contributed by atoms with Crippen LogP contribution in [0.4, 0.5) is 19.0 Å². The topological polar surface area (TPSA) is 67.9 Å². The fourth-order valence-corrected chi connectivity index (χ4v) is 4.15. The van der Waals surface area contributed by atoms with E-state index in [2.05, 4.69) is 25.0 Å². The van der Waals surface area contributed by atoms with Crippen LogP contribution in [0.2, 0.25) is 0 Å². The summed E-state index contributed by atoms with van der Waals surface area (Å²) in [5.41, 5.74) is -0.103. The Morgan fingerprint density at radius 3 is 2.85 bits per heavy atom. The van der Waals surface area contributed by atoms with E-state index in [1.54, 1.807) is 19.2 Å². The number of alkyl halides is 3. The van der Waals surface area contributed by atoms with E-state index in [9.17, 15) is 13.2 Å². The van der Waals surface area contributed by atoms with Gasteiger partial charge in [-0.05, 0) is 31.9 Å². The summed E-state index contributed by atoms with van der Waals surface area (Å²) in [6.45, 7) is 3.04. The molecule has 3 aromatic heterocycles. The van der Waals surface area contributed by atoms with Crippen LogP contribution >= 0.6 is 11.3 Å². The summed E-state index contributed by atoms with van der Waals surface area (Å²) in [4.78, 5) is 14.6. The van der Waals surface area contributed by atoms with Gasteiger partial charge in [0.05, 0.1) is 10.6 Å². The van der Waals surface area contributed by atoms with Gasteiger partial charge >= 0.3 is 6.18 Å². The summed E-state index contributed by atoms with van der Waals surface area (Å²) < 4.78 is 43.8. The molecule has 0 N–H and O–H groups in total. The van der Waals surface area contributed by atoms with Crippen molar-refractivity contribution < 1.29 is 17.7 Å². The molecule has 1 fully saturated rings. The van der Waals surface area contributed by atoms with E-state index >= 15 is 0 Å². The number of halogens is 3. The Kier molecular flexibility index (Phi) is 4.58. The monoisotopic (exact) mass is 395 g/mol. The Balaban J connectivity index is 1.60. The lowest BCUT2D eigenvalue weighted by Gasteiger charge is -2.33. The lowest BCUT2D eigenvalue weighted by atomic mass is 9.98. The van der Waals surface area contributed by atoms with Gasteiger partial charge in [-0.25, -0.2) is 9.97 Å². The largest absolute Gasteiger partial charge is 0.434 e. The first-order valence-corrected chi connectivity index (χ1v) is 9.33. The number of aromatic nitrogens is 4. The summed E-state index contributed by atoms with van der Waals surface area (Å²) >= 11 is 1.07. The van der Waals surface area contributed by atoms with Gasteiger partial charge in [-0.3, -0.25) is 0 Å². The average Bonchev–Trinajstić information content (AvgIpc) is 3.31. The SMILES string of the molecule is Cc1noc(-c2cccnc2N2CCCC(c3nc(C(F)(F)F)cs3)C2)n1. The summed E-state index contributed by atoms with van der Waals surface area (Å²) in [5, 5.41) is 5.42. The Hall–Kier alpha value is -2.49. The van der Waals surface area contributed by atoms with Crippen molar-refractivity contribution in [2.75, 3.05) is 18.0 Å². The van der Waals surface area contributed by atoms with E-state index in [4.69, 9.17) is 4.52 Å². The molecule has 0 amide bonds. The smallest absolute Gasteiger partial charge is 0.355 e. The molecule has 142 valence electrons. The maximum absolute atomic E-state index is 12.9. The van der Waals surface area contributed by atoms with Gasteiger partial charge in [-0.2, -0.15) is 18.2 Å². The maximum atomic E-state index is 12.9. The maximum Gasteiger partial charge on any atom is 0.434 e. The van der Waals surface area contributed by atoms with Crippen LogP contribution in [-0.4, -0.2) is 33.2 Å². The summed E-state index contributed by atoms with van der Waals surface area (Å²) in [6.07, 6.45) is -1.10. The molecule has 1 unspecified atom stereocenters. The second-order valence-electron chi connectivity index (χ2n) is 6.38. The highest BCUT2D eigenvalue weighted by Gasteiger charge is 2.35. The predicted octanol–water partition coefficient (Wildman–Crippen LogP) is 4.30. The van der Waals surface area contributed by atoms with Gasteiger partial charge in [0.1, 0.15) is 5.82 Å². The summed E-state index contributed by atoms with van der Waals surface area (Å²) in [5.74, 6) is 1.53. The van der Waals surface area contributed by atoms with Crippen LogP contribution in [0.5, 0.6) is 0 Å². The average molecular weight is 395 g/mol. The van der Waals surface area contributed by atoms with Gasteiger partial charge in [0.2, 0.25) is 0 Å². The Labute approximate surface area is 157 Å². The van der Waals surface area contributed by atoms with Crippen LogP contribution in [0.1, 0.15) is 35.3 Å². The Bertz CT molecular complexity index is 939. The lowest BCUT2D eigenvalue weighted by Crippen LogP contribution is -2.35. The van der Waals surface area contributed by atoms with Crippen LogP contribution in [-0.2, 0) is 6.18 Å². The van der Waals surface area contributed by atoms with Crippen molar-refractivity contribution in [2.24, 2.45) is 0 Å². The zero-order chi connectivity index (χ0) is 19.0. The molecule has 3 aromatic rings. The number of thiazole rings is 1. The van der Waals surface area contributed by atoms with E-state index in [-0.39, 0.29) is 5.92 Å². The second-order valence-corrected chi connectivity index (χ2v) is 7.26. The van der Waals surface area contributed by atoms with Gasteiger partial charge in [0.25, 0.3) is 5.89 Å². The van der Waals surface area contributed by atoms with E-state index in [1.165, 1.54) is 0 Å². The molecular weight excluding hydrogens is 379 g/mol. The molecule has 0 saturated carbocycles. The molecule has 1 atom stereocenters. The summed E-state index contributed by atoms with van der Waals surface area (Å²) in [6, 6.07) is 3.64. The number of piperidine rings is 1. The molecule has 0 radical (unpaired) electrons. The lowest BCUT2D eigenvalue weighted by molar-refractivity contribution is -0.140. The minimum absolute atomic E-state index is 0.0703. The first kappa shape index (κ1) is 17.9. The minimum atomic E-state index is -4.41. The molecule has 4 heterocycles. The van der Waals surface area contributed by atoms with Gasteiger partial charge in [-0.15, -0.1) is 11.3 Å². The number of anilines is 1. The van der Waals surface area contributed by atoms with E-state index in [1.807, 2.05) is 6.07 Å². The quantitative estimate of drug-likeness (QED) is 0.659. The number of aryl methyl sites for hydroxylation is 1. The highest BCUT2D eigenvalue weighted by atomic mass is 32.1. The standard InChI is InChI=1S/C17H16F3N5OS/c1-10-22-15(26-24-10)12-5-2-6-21-14(12)25-7-3-4-11(8-25)16-23-13(9-27-16)17(18,19)20/h2,5-6,9,11H,3-4,7-8H2,1H3. The zero-order valence-electron chi connectivity index (χ0n) is 14.4. The van der Waals surface area contributed by atoms with Gasteiger partial charge in [0.15, 0.2) is 11.5 Å². The Morgan fingerprint density at radius 2 is 2.15 bits per heavy atom. The molecule has 1 aliphatic rings. The van der Waals surface area contributed by atoms with E-state index in [0.29, 0.717) is 34.6 Å². The number of nitrogens with zero attached hydrogens (tertiary/aromatic N) is 5. The molecule has 1 aliphatic heterocycles. The Morgan fingerprint density at radius 1 is 1.30 bits per heavy atom. The summed E-state index contributed by atoms with van der Waals surface area (Å²) in [7, 11) is 0. The molecule has 0 spiro atoms. The van der Waals surface area contributed by atoms with Gasteiger partial charge in [-0.1, -0.05) is 5.16 Å². The van der Waals surface area contributed by atoms with Crippen molar-refractivity contribution in [3.05, 3.63) is 40.2 Å². The molecule has 0 bridgehead atoms. The highest BCUT2D eigenvalue weighted by molar-refractivity contribution is 7.09. The fourth-order valence-electron chi connectivity index (χ4n) is 3.20. The molecule has 0 aromatic carbocycles. The molecule has 6 nitrogen and oxygen atoms in total. The second kappa shape index (κ2) is 6.91. The van der Waals surface area contributed by atoms with E-state index < -0.39 is 11.9 Å². The van der Waals surface area contributed by atoms with Crippen LogP contribution in [0.3, 0.4) is 0 Å². The van der Waals surface area contributed by atoms with Crippen molar-refractivity contribution in [3.63, 3.8) is 0 Å². The number of rotatable bonds is 3. The third kappa shape index (κ3) is 3.66. The van der Waals surface area contributed by atoms with Crippen LogP contribution < -0.4 is 4.90 Å². The molecule has 1 saturated heterocycles. The fraction of sp³-hybridized carbons (Fsp3) is 0.412. The number of pyridine rings is 1. The zero-order valence-corrected chi connectivity index (χ0v) is 15.2. The van der Waals surface area contributed by atoms with Crippen molar-refractivity contribution in [2.45, 2.75) is 31.9 Å².